The molecular formula is C16H19N3O3. The van der Waals surface area contributed by atoms with Crippen molar-refractivity contribution in [2.45, 2.75) is 26.1 Å². The molecule has 3 N–H and O–H groups in total. The standard InChI is InChI=1S/C16H19N3O3/c1-12(18-16(17)21)15(20)19(11-14-8-5-9-22-14)10-13-6-3-2-4-7-13/h2-9,12H,10-11H2,1H3,(H3,17,18,21). The van der Waals surface area contributed by atoms with Crippen molar-refractivity contribution in [3.63, 3.8) is 0 Å². The molecule has 6 heteroatoms. The maximum Gasteiger partial charge on any atom is 0.312 e. The Balaban J connectivity index is 2.13. The van der Waals surface area contributed by atoms with Crippen molar-refractivity contribution in [3.8, 4) is 0 Å². The second kappa shape index (κ2) is 7.31. The molecule has 0 saturated carbocycles. The fraction of sp³-hybridized carbons (Fsp3) is 0.250. The Morgan fingerprint density at radius 1 is 1.18 bits per heavy atom. The number of hydrogen-bond donors (Lipinski definition) is 2. The molecular weight excluding hydrogens is 282 g/mol. The first-order chi connectivity index (χ1) is 10.6. The van der Waals surface area contributed by atoms with E-state index in [1.165, 1.54) is 0 Å². The number of nitrogens with zero attached hydrogens (tertiary/aromatic N) is 1. The van der Waals surface area contributed by atoms with Crippen LogP contribution in [0.5, 0.6) is 0 Å². The van der Waals surface area contributed by atoms with Gasteiger partial charge in [-0.1, -0.05) is 30.3 Å². The van der Waals surface area contributed by atoms with E-state index in [4.69, 9.17) is 10.2 Å². The molecule has 6 nitrogen and oxygen atoms in total. The van der Waals surface area contributed by atoms with E-state index in [1.807, 2.05) is 30.3 Å². The van der Waals surface area contributed by atoms with Gasteiger partial charge in [-0.05, 0) is 24.6 Å². The predicted molar refractivity (Wildman–Crippen MR) is 81.6 cm³/mol. The molecule has 0 spiro atoms. The maximum atomic E-state index is 12.5. The minimum Gasteiger partial charge on any atom is -0.467 e. The molecule has 1 heterocycles. The van der Waals surface area contributed by atoms with Crippen LogP contribution in [-0.4, -0.2) is 22.9 Å². The molecule has 116 valence electrons. The molecule has 0 radical (unpaired) electrons. The number of furan rings is 1. The van der Waals surface area contributed by atoms with E-state index in [9.17, 15) is 9.59 Å². The molecule has 0 saturated heterocycles. The van der Waals surface area contributed by atoms with Crippen LogP contribution in [0.25, 0.3) is 0 Å². The Kier molecular flexibility index (Phi) is 5.19. The first-order valence-corrected chi connectivity index (χ1v) is 6.97. The Bertz CT molecular complexity index is 611. The topological polar surface area (TPSA) is 88.6 Å². The predicted octanol–water partition coefficient (Wildman–Crippen LogP) is 1.87. The van der Waals surface area contributed by atoms with Gasteiger partial charge in [0.05, 0.1) is 12.8 Å². The summed E-state index contributed by atoms with van der Waals surface area (Å²) in [7, 11) is 0. The molecule has 0 aliphatic heterocycles. The fourth-order valence-electron chi connectivity index (χ4n) is 2.16. The second-order valence-corrected chi connectivity index (χ2v) is 4.99. The van der Waals surface area contributed by atoms with Crippen LogP contribution in [0.2, 0.25) is 0 Å². The molecule has 22 heavy (non-hydrogen) atoms. The minimum absolute atomic E-state index is 0.223. The number of urea groups is 1. The smallest absolute Gasteiger partial charge is 0.312 e. The van der Waals surface area contributed by atoms with E-state index in [2.05, 4.69) is 5.32 Å². The summed E-state index contributed by atoms with van der Waals surface area (Å²) < 4.78 is 5.31. The third-order valence-electron chi connectivity index (χ3n) is 3.18. The van der Waals surface area contributed by atoms with Gasteiger partial charge in [-0.15, -0.1) is 0 Å². The number of carbonyl (C=O) groups is 2. The summed E-state index contributed by atoms with van der Waals surface area (Å²) in [5.41, 5.74) is 6.07. The molecule has 0 aliphatic rings. The summed E-state index contributed by atoms with van der Waals surface area (Å²) in [6.07, 6.45) is 1.56. The van der Waals surface area contributed by atoms with Crippen molar-refractivity contribution in [2.75, 3.05) is 0 Å². The lowest BCUT2D eigenvalue weighted by atomic mass is 10.2. The molecule has 1 aromatic heterocycles. The van der Waals surface area contributed by atoms with Crippen LogP contribution in [-0.2, 0) is 17.9 Å². The van der Waals surface area contributed by atoms with E-state index in [0.717, 1.165) is 5.56 Å². The quantitative estimate of drug-likeness (QED) is 0.853. The average Bonchev–Trinajstić information content (AvgIpc) is 2.99. The number of carbonyl (C=O) groups excluding carboxylic acids is 2. The van der Waals surface area contributed by atoms with Gasteiger partial charge in [0.1, 0.15) is 11.8 Å². The van der Waals surface area contributed by atoms with Crippen LogP contribution >= 0.6 is 0 Å². The zero-order chi connectivity index (χ0) is 15.9. The summed E-state index contributed by atoms with van der Waals surface area (Å²) in [4.78, 5) is 25.1. The lowest BCUT2D eigenvalue weighted by molar-refractivity contribution is -0.134. The molecule has 1 aromatic carbocycles. The van der Waals surface area contributed by atoms with E-state index >= 15 is 0 Å². The monoisotopic (exact) mass is 301 g/mol. The highest BCUT2D eigenvalue weighted by molar-refractivity contribution is 5.86. The largest absolute Gasteiger partial charge is 0.467 e. The number of rotatable bonds is 6. The van der Waals surface area contributed by atoms with Gasteiger partial charge in [-0.3, -0.25) is 4.79 Å². The van der Waals surface area contributed by atoms with Crippen LogP contribution in [0.4, 0.5) is 4.79 Å². The molecule has 0 aliphatic carbocycles. The lowest BCUT2D eigenvalue weighted by Crippen LogP contribution is -2.48. The van der Waals surface area contributed by atoms with E-state index in [-0.39, 0.29) is 5.91 Å². The van der Waals surface area contributed by atoms with Gasteiger partial charge >= 0.3 is 6.03 Å². The summed E-state index contributed by atoms with van der Waals surface area (Å²) in [6, 6.07) is 11.8. The van der Waals surface area contributed by atoms with Gasteiger partial charge in [0, 0.05) is 6.54 Å². The maximum absolute atomic E-state index is 12.5. The Morgan fingerprint density at radius 2 is 1.91 bits per heavy atom. The Labute approximate surface area is 128 Å². The SMILES string of the molecule is CC(NC(N)=O)C(=O)N(Cc1ccccc1)Cc1ccco1. The van der Waals surface area contributed by atoms with Gasteiger partial charge in [0.2, 0.25) is 5.91 Å². The first-order valence-electron chi connectivity index (χ1n) is 6.97. The fourth-order valence-corrected chi connectivity index (χ4v) is 2.16. The van der Waals surface area contributed by atoms with Crippen molar-refractivity contribution in [2.24, 2.45) is 5.73 Å². The highest BCUT2D eigenvalue weighted by Gasteiger charge is 2.22. The van der Waals surface area contributed by atoms with Crippen LogP contribution in [0.1, 0.15) is 18.2 Å². The minimum atomic E-state index is -0.724. The van der Waals surface area contributed by atoms with Crippen LogP contribution in [0.15, 0.2) is 53.1 Å². The second-order valence-electron chi connectivity index (χ2n) is 4.99. The molecule has 0 bridgehead atoms. The molecule has 0 fully saturated rings. The molecule has 2 rings (SSSR count). The van der Waals surface area contributed by atoms with Crippen molar-refractivity contribution >= 4 is 11.9 Å². The lowest BCUT2D eigenvalue weighted by Gasteiger charge is -2.25. The van der Waals surface area contributed by atoms with Gasteiger partial charge in [-0.25, -0.2) is 4.79 Å². The van der Waals surface area contributed by atoms with Crippen LogP contribution in [0.3, 0.4) is 0 Å². The zero-order valence-corrected chi connectivity index (χ0v) is 12.4. The van der Waals surface area contributed by atoms with Crippen molar-refractivity contribution in [1.82, 2.24) is 10.2 Å². The van der Waals surface area contributed by atoms with Gasteiger partial charge in [0.25, 0.3) is 0 Å². The zero-order valence-electron chi connectivity index (χ0n) is 12.4. The van der Waals surface area contributed by atoms with E-state index < -0.39 is 12.1 Å². The van der Waals surface area contributed by atoms with Gasteiger partial charge in [-0.2, -0.15) is 0 Å². The van der Waals surface area contributed by atoms with Crippen LogP contribution < -0.4 is 11.1 Å². The third kappa shape index (κ3) is 4.37. The molecule has 1 unspecified atom stereocenters. The van der Waals surface area contributed by atoms with Crippen molar-refractivity contribution in [1.29, 1.82) is 0 Å². The van der Waals surface area contributed by atoms with Gasteiger partial charge < -0.3 is 20.4 Å². The van der Waals surface area contributed by atoms with Crippen molar-refractivity contribution in [3.05, 3.63) is 60.1 Å². The Morgan fingerprint density at radius 3 is 2.50 bits per heavy atom. The van der Waals surface area contributed by atoms with E-state index in [1.54, 1.807) is 30.2 Å². The van der Waals surface area contributed by atoms with E-state index in [0.29, 0.717) is 18.8 Å². The number of nitrogens with two attached hydrogens (primary N) is 1. The summed E-state index contributed by atoms with van der Waals surface area (Å²) in [5.74, 6) is 0.453. The Hall–Kier alpha value is -2.76. The van der Waals surface area contributed by atoms with Crippen LogP contribution in [0, 0.1) is 0 Å². The average molecular weight is 301 g/mol. The normalized spacial score (nSPS) is 11.7. The molecule has 2 aromatic rings. The number of nitrogens with one attached hydrogen (secondary N) is 1. The number of hydrogen-bond acceptors (Lipinski definition) is 3. The first kappa shape index (κ1) is 15.6. The summed E-state index contributed by atoms with van der Waals surface area (Å²) in [6.45, 7) is 2.35. The third-order valence-corrected chi connectivity index (χ3v) is 3.18. The number of benzene rings is 1. The number of amides is 3. The number of primary amides is 1. The summed E-state index contributed by atoms with van der Waals surface area (Å²) >= 11 is 0. The highest BCUT2D eigenvalue weighted by atomic mass is 16.3. The molecule has 1 atom stereocenters. The highest BCUT2D eigenvalue weighted by Crippen LogP contribution is 2.12. The molecule has 3 amide bonds. The summed E-state index contributed by atoms with van der Waals surface area (Å²) in [5, 5.41) is 2.41. The van der Waals surface area contributed by atoms with Crippen molar-refractivity contribution < 1.29 is 14.0 Å². The van der Waals surface area contributed by atoms with Gasteiger partial charge in [0.15, 0.2) is 0 Å².